The molecular weight excluding hydrogens is 448 g/mol. The Labute approximate surface area is 210 Å². The number of fused-ring (bicyclic) bond motifs is 1. The van der Waals surface area contributed by atoms with Crippen molar-refractivity contribution >= 4 is 17.9 Å². The van der Waals surface area contributed by atoms with Crippen LogP contribution in [0.3, 0.4) is 0 Å². The SMILES string of the molecule is CC=C(C)C(=O)OCC1(C)CCCC2(C)C(CCC(C)CCOC(=O)CC(=O)O)C(C)(O)CCC12. The second kappa shape index (κ2) is 11.9. The lowest BCUT2D eigenvalue weighted by Crippen LogP contribution is -2.59. The second-order valence-corrected chi connectivity index (χ2v) is 11.8. The third-order valence-corrected chi connectivity index (χ3v) is 8.99. The molecule has 7 heteroatoms. The largest absolute Gasteiger partial charge is 0.481 e. The molecule has 0 spiro atoms. The van der Waals surface area contributed by atoms with Crippen molar-refractivity contribution in [3.63, 3.8) is 0 Å². The number of carboxylic acid groups (broad SMARTS) is 1. The molecule has 7 nitrogen and oxygen atoms in total. The summed E-state index contributed by atoms with van der Waals surface area (Å²) in [6.07, 6.45) is 8.37. The van der Waals surface area contributed by atoms with Crippen LogP contribution in [0.2, 0.25) is 0 Å². The summed E-state index contributed by atoms with van der Waals surface area (Å²) in [5.41, 5.74) is -0.297. The molecule has 0 heterocycles. The molecule has 2 rings (SSSR count). The Morgan fingerprint density at radius 1 is 1.09 bits per heavy atom. The summed E-state index contributed by atoms with van der Waals surface area (Å²) < 4.78 is 10.8. The third-order valence-electron chi connectivity index (χ3n) is 8.99. The van der Waals surface area contributed by atoms with Crippen molar-refractivity contribution in [1.29, 1.82) is 0 Å². The molecule has 0 aliphatic heterocycles. The minimum Gasteiger partial charge on any atom is -0.481 e. The lowest BCUT2D eigenvalue weighted by molar-refractivity contribution is -0.186. The average Bonchev–Trinajstić information content (AvgIpc) is 2.75. The Morgan fingerprint density at radius 2 is 1.77 bits per heavy atom. The minimum atomic E-state index is -1.18. The maximum absolute atomic E-state index is 12.3. The van der Waals surface area contributed by atoms with Crippen molar-refractivity contribution in [2.75, 3.05) is 13.2 Å². The molecule has 2 aliphatic rings. The zero-order valence-corrected chi connectivity index (χ0v) is 22.5. The van der Waals surface area contributed by atoms with Gasteiger partial charge >= 0.3 is 17.9 Å². The lowest BCUT2D eigenvalue weighted by Gasteiger charge is -2.61. The van der Waals surface area contributed by atoms with Crippen LogP contribution < -0.4 is 0 Å². The van der Waals surface area contributed by atoms with E-state index in [1.165, 1.54) is 0 Å². The molecular formula is C28H46O7. The number of carboxylic acids is 1. The highest BCUT2D eigenvalue weighted by molar-refractivity contribution is 5.90. The van der Waals surface area contributed by atoms with Gasteiger partial charge in [-0.15, -0.1) is 0 Å². The summed E-state index contributed by atoms with van der Waals surface area (Å²) >= 11 is 0. The van der Waals surface area contributed by atoms with E-state index in [1.807, 2.05) is 13.8 Å². The highest BCUT2D eigenvalue weighted by Gasteiger charge is 2.59. The van der Waals surface area contributed by atoms with Crippen LogP contribution in [-0.2, 0) is 23.9 Å². The van der Waals surface area contributed by atoms with Gasteiger partial charge in [0.15, 0.2) is 0 Å². The number of hydrogen-bond acceptors (Lipinski definition) is 6. The van der Waals surface area contributed by atoms with Gasteiger partial charge in [-0.25, -0.2) is 4.79 Å². The summed E-state index contributed by atoms with van der Waals surface area (Å²) in [6.45, 7) is 12.9. The van der Waals surface area contributed by atoms with Crippen molar-refractivity contribution in [3.8, 4) is 0 Å². The first-order valence-corrected chi connectivity index (χ1v) is 13.1. The van der Waals surface area contributed by atoms with Crippen LogP contribution in [0.25, 0.3) is 0 Å². The topological polar surface area (TPSA) is 110 Å². The highest BCUT2D eigenvalue weighted by Crippen LogP contribution is 2.63. The molecule has 2 saturated carbocycles. The van der Waals surface area contributed by atoms with E-state index in [2.05, 4.69) is 20.8 Å². The number of esters is 2. The van der Waals surface area contributed by atoms with E-state index in [4.69, 9.17) is 14.6 Å². The molecule has 0 amide bonds. The fourth-order valence-electron chi connectivity index (χ4n) is 6.85. The van der Waals surface area contributed by atoms with E-state index in [0.717, 1.165) is 44.9 Å². The predicted octanol–water partition coefficient (Wildman–Crippen LogP) is 5.29. The van der Waals surface area contributed by atoms with Gasteiger partial charge in [0.25, 0.3) is 0 Å². The van der Waals surface area contributed by atoms with E-state index in [0.29, 0.717) is 24.5 Å². The van der Waals surface area contributed by atoms with Crippen molar-refractivity contribution in [2.24, 2.45) is 28.6 Å². The Bertz CT molecular complexity index is 801. The number of hydrogen-bond donors (Lipinski definition) is 2. The van der Waals surface area contributed by atoms with Gasteiger partial charge in [-0.3, -0.25) is 9.59 Å². The van der Waals surface area contributed by atoms with Crippen LogP contribution in [0.15, 0.2) is 11.6 Å². The standard InChI is InChI=1S/C28H46O7/c1-7-20(3)25(32)35-18-26(4)13-8-14-27(5)21(26)11-15-28(6,33)22(27)10-9-19(2)12-16-34-24(31)17-23(29)30/h7,19,21-22,33H,8-18H2,1-6H3,(H,29,30). The number of aliphatic hydroxyl groups is 1. The van der Waals surface area contributed by atoms with Gasteiger partial charge in [-0.2, -0.15) is 0 Å². The first-order valence-electron chi connectivity index (χ1n) is 13.1. The van der Waals surface area contributed by atoms with Crippen LogP contribution in [0.1, 0.15) is 99.3 Å². The Kier molecular flexibility index (Phi) is 9.97. The third kappa shape index (κ3) is 7.31. The number of allylic oxidation sites excluding steroid dienone is 1. The number of rotatable bonds is 11. The van der Waals surface area contributed by atoms with E-state index in [1.54, 1.807) is 13.0 Å². The van der Waals surface area contributed by atoms with Crippen molar-refractivity contribution in [3.05, 3.63) is 11.6 Å². The Morgan fingerprint density at radius 3 is 2.40 bits per heavy atom. The summed E-state index contributed by atoms with van der Waals surface area (Å²) in [7, 11) is 0. The lowest BCUT2D eigenvalue weighted by atomic mass is 9.45. The predicted molar refractivity (Wildman–Crippen MR) is 134 cm³/mol. The maximum Gasteiger partial charge on any atom is 0.333 e. The van der Waals surface area contributed by atoms with Crippen molar-refractivity contribution < 1.29 is 34.1 Å². The second-order valence-electron chi connectivity index (χ2n) is 11.8. The molecule has 6 atom stereocenters. The molecule has 2 fully saturated rings. The molecule has 2 N–H and O–H groups in total. The molecule has 0 saturated heterocycles. The highest BCUT2D eigenvalue weighted by atomic mass is 16.5. The molecule has 0 aromatic carbocycles. The molecule has 2 aliphatic carbocycles. The summed E-state index contributed by atoms with van der Waals surface area (Å²) in [5.74, 6) is -1.37. The van der Waals surface area contributed by atoms with E-state index >= 15 is 0 Å². The van der Waals surface area contributed by atoms with Gasteiger partial charge in [0.2, 0.25) is 0 Å². The molecule has 35 heavy (non-hydrogen) atoms. The molecule has 200 valence electrons. The van der Waals surface area contributed by atoms with Crippen LogP contribution in [0.5, 0.6) is 0 Å². The zero-order chi connectivity index (χ0) is 26.4. The summed E-state index contributed by atoms with van der Waals surface area (Å²) in [6, 6.07) is 0. The smallest absolute Gasteiger partial charge is 0.333 e. The average molecular weight is 495 g/mol. The maximum atomic E-state index is 12.3. The van der Waals surface area contributed by atoms with Crippen LogP contribution >= 0.6 is 0 Å². The van der Waals surface area contributed by atoms with Gasteiger partial charge < -0.3 is 19.7 Å². The number of aliphatic carboxylic acids is 1. The summed E-state index contributed by atoms with van der Waals surface area (Å²) in [5, 5.41) is 20.1. The number of ether oxygens (including phenoxy) is 2. The van der Waals surface area contributed by atoms with Crippen LogP contribution in [-0.4, -0.2) is 46.9 Å². The molecule has 0 bridgehead atoms. The molecule has 0 aromatic heterocycles. The number of carbonyl (C=O) groups excluding carboxylic acids is 2. The van der Waals surface area contributed by atoms with Crippen LogP contribution in [0, 0.1) is 28.6 Å². The monoisotopic (exact) mass is 494 g/mol. The number of carbonyl (C=O) groups is 3. The minimum absolute atomic E-state index is 0.0511. The fraction of sp³-hybridized carbons (Fsp3) is 0.821. The van der Waals surface area contributed by atoms with Gasteiger partial charge in [0.1, 0.15) is 6.42 Å². The van der Waals surface area contributed by atoms with Gasteiger partial charge in [-0.05, 0) is 82.5 Å². The summed E-state index contributed by atoms with van der Waals surface area (Å²) in [4.78, 5) is 34.4. The van der Waals surface area contributed by atoms with Gasteiger partial charge in [0, 0.05) is 11.0 Å². The zero-order valence-electron chi connectivity index (χ0n) is 22.5. The van der Waals surface area contributed by atoms with Gasteiger partial charge in [0.05, 0.1) is 18.8 Å². The Hall–Kier alpha value is -1.89. The first kappa shape index (κ1) is 29.3. The van der Waals surface area contributed by atoms with Crippen LogP contribution in [0.4, 0.5) is 0 Å². The quantitative estimate of drug-likeness (QED) is 0.228. The van der Waals surface area contributed by atoms with Gasteiger partial charge in [-0.1, -0.05) is 39.7 Å². The van der Waals surface area contributed by atoms with E-state index in [9.17, 15) is 19.5 Å². The normalized spacial score (nSPS) is 34.0. The molecule has 0 radical (unpaired) electrons. The molecule has 0 aromatic rings. The van der Waals surface area contributed by atoms with E-state index in [-0.39, 0.29) is 35.2 Å². The fourth-order valence-corrected chi connectivity index (χ4v) is 6.85. The van der Waals surface area contributed by atoms with Crippen molar-refractivity contribution in [2.45, 2.75) is 105 Å². The Balaban J connectivity index is 2.05. The molecule has 6 unspecified atom stereocenters. The first-order chi connectivity index (χ1) is 16.2. The van der Waals surface area contributed by atoms with E-state index < -0.39 is 24.0 Å². The van der Waals surface area contributed by atoms with Crippen molar-refractivity contribution in [1.82, 2.24) is 0 Å².